The van der Waals surface area contributed by atoms with E-state index in [2.05, 4.69) is 72.3 Å². The van der Waals surface area contributed by atoms with E-state index in [1.165, 1.54) is 22.3 Å². The van der Waals surface area contributed by atoms with Gasteiger partial charge in [-0.15, -0.1) is 5.10 Å². The van der Waals surface area contributed by atoms with Crippen LogP contribution < -0.4 is 0 Å². The van der Waals surface area contributed by atoms with Gasteiger partial charge in [-0.05, 0) is 37.3 Å². The molecule has 0 saturated carbocycles. The van der Waals surface area contributed by atoms with E-state index in [4.69, 9.17) is 5.10 Å². The van der Waals surface area contributed by atoms with Crippen molar-refractivity contribution in [2.45, 2.75) is 43.5 Å². The van der Waals surface area contributed by atoms with Crippen LogP contribution in [0.15, 0.2) is 59.9 Å². The Morgan fingerprint density at radius 1 is 1.07 bits per heavy atom. The average Bonchev–Trinajstić information content (AvgIpc) is 3.16. The fourth-order valence-corrected chi connectivity index (χ4v) is 4.86. The molecule has 1 unspecified atom stereocenters. The molecule has 6 heteroatoms. The quantitative estimate of drug-likeness (QED) is 0.442. The highest BCUT2D eigenvalue weighted by molar-refractivity contribution is 7.98. The molecule has 0 spiro atoms. The van der Waals surface area contributed by atoms with Gasteiger partial charge < -0.3 is 0 Å². The molecule has 0 N–H and O–H groups in total. The van der Waals surface area contributed by atoms with Gasteiger partial charge in [0.15, 0.2) is 5.78 Å². The van der Waals surface area contributed by atoms with Gasteiger partial charge >= 0.3 is 0 Å². The molecule has 1 aliphatic rings. The smallest absolute Gasteiger partial charge is 0.253 e. The number of nitrogens with zero attached hydrogens (tertiary/aromatic N) is 4. The molecule has 2 heterocycles. The summed E-state index contributed by atoms with van der Waals surface area (Å²) in [6.45, 7) is 4.18. The highest BCUT2D eigenvalue weighted by Crippen LogP contribution is 2.33. The van der Waals surface area contributed by atoms with Crippen molar-refractivity contribution in [3.63, 3.8) is 0 Å². The van der Waals surface area contributed by atoms with Crippen LogP contribution >= 0.6 is 11.8 Å². The minimum atomic E-state index is 0.126. The van der Waals surface area contributed by atoms with Crippen LogP contribution in [0, 0.1) is 13.8 Å². The van der Waals surface area contributed by atoms with Gasteiger partial charge in [0.1, 0.15) is 0 Å². The Hall–Kier alpha value is -2.99. The lowest BCUT2D eigenvalue weighted by Gasteiger charge is -2.24. The van der Waals surface area contributed by atoms with Gasteiger partial charge in [0.25, 0.3) is 5.78 Å². The second kappa shape index (κ2) is 7.69. The van der Waals surface area contributed by atoms with E-state index in [1.807, 2.05) is 0 Å². The number of hydrogen-bond acceptors (Lipinski definition) is 5. The molecule has 1 atom stereocenters. The van der Waals surface area contributed by atoms with Gasteiger partial charge in [-0.25, -0.2) is 4.98 Å². The summed E-state index contributed by atoms with van der Waals surface area (Å²) in [6, 6.07) is 16.9. The fourth-order valence-electron chi connectivity index (χ4n) is 4.10. The number of thioether (sulfide) groups is 1. The zero-order valence-electron chi connectivity index (χ0n) is 17.0. The van der Waals surface area contributed by atoms with E-state index in [-0.39, 0.29) is 11.7 Å². The number of Topliss-reactive ketones (excluding diaryl/α,β-unsaturated/α-hetero) is 1. The Bertz CT molecular complexity index is 1260. The molecule has 2 aromatic carbocycles. The van der Waals surface area contributed by atoms with Crippen LogP contribution in [0.2, 0.25) is 0 Å². The third kappa shape index (κ3) is 3.63. The number of aryl methyl sites for hydroxylation is 2. The van der Waals surface area contributed by atoms with Crippen LogP contribution in [0.4, 0.5) is 0 Å². The molecule has 0 amide bonds. The van der Waals surface area contributed by atoms with Crippen LogP contribution in [0.5, 0.6) is 0 Å². The summed E-state index contributed by atoms with van der Waals surface area (Å²) in [5.74, 6) is 1.63. The Labute approximate surface area is 179 Å². The van der Waals surface area contributed by atoms with Gasteiger partial charge in [-0.1, -0.05) is 71.4 Å². The first-order valence-corrected chi connectivity index (χ1v) is 11.1. The van der Waals surface area contributed by atoms with Crippen molar-refractivity contribution in [2.24, 2.45) is 0 Å². The summed E-state index contributed by atoms with van der Waals surface area (Å²) in [7, 11) is 0. The molecule has 1 aliphatic carbocycles. The Balaban J connectivity index is 1.46. The van der Waals surface area contributed by atoms with Gasteiger partial charge in [0, 0.05) is 18.4 Å². The third-order valence-electron chi connectivity index (χ3n) is 5.58. The lowest BCUT2D eigenvalue weighted by atomic mass is 9.82. The van der Waals surface area contributed by atoms with Crippen LogP contribution in [0.1, 0.15) is 50.6 Å². The molecule has 2 aromatic heterocycles. The van der Waals surface area contributed by atoms with Gasteiger partial charge in [0.2, 0.25) is 5.16 Å². The van der Waals surface area contributed by atoms with Crippen molar-refractivity contribution >= 4 is 23.3 Å². The molecular formula is C24H22N4OS. The maximum Gasteiger partial charge on any atom is 0.253 e. The summed E-state index contributed by atoms with van der Waals surface area (Å²) in [5, 5.41) is 5.38. The third-order valence-corrected chi connectivity index (χ3v) is 6.49. The molecule has 0 radical (unpaired) electrons. The largest absolute Gasteiger partial charge is 0.294 e. The summed E-state index contributed by atoms with van der Waals surface area (Å²) in [5.41, 5.74) is 6.48. The molecule has 0 bridgehead atoms. The topological polar surface area (TPSA) is 60.1 Å². The first-order valence-electron chi connectivity index (χ1n) is 10.1. The number of carbonyl (C=O) groups is 1. The van der Waals surface area contributed by atoms with Crippen LogP contribution in [-0.4, -0.2) is 25.4 Å². The van der Waals surface area contributed by atoms with E-state index >= 15 is 0 Å². The Morgan fingerprint density at radius 2 is 1.87 bits per heavy atom. The second-order valence-electron chi connectivity index (χ2n) is 7.94. The Kier molecular flexibility index (Phi) is 4.87. The molecular weight excluding hydrogens is 392 g/mol. The summed E-state index contributed by atoms with van der Waals surface area (Å²) < 4.78 is 1.77. The fraction of sp³-hybridized carbons (Fsp3) is 0.250. The van der Waals surface area contributed by atoms with Crippen molar-refractivity contribution in [3.8, 4) is 0 Å². The SMILES string of the molecule is Cc1cccc(CSc2nc3ncc4c(n3n2)CC(c2cccc(C)c2)CC4=O)c1. The maximum absolute atomic E-state index is 12.8. The molecule has 0 fully saturated rings. The maximum atomic E-state index is 12.8. The Morgan fingerprint density at radius 3 is 2.67 bits per heavy atom. The minimum absolute atomic E-state index is 0.126. The summed E-state index contributed by atoms with van der Waals surface area (Å²) in [4.78, 5) is 21.8. The highest BCUT2D eigenvalue weighted by atomic mass is 32.2. The minimum Gasteiger partial charge on any atom is -0.294 e. The zero-order chi connectivity index (χ0) is 20.7. The van der Waals surface area contributed by atoms with Crippen molar-refractivity contribution in [3.05, 3.63) is 88.2 Å². The first-order chi connectivity index (χ1) is 14.6. The number of ketones is 1. The van der Waals surface area contributed by atoms with Crippen molar-refractivity contribution in [2.75, 3.05) is 0 Å². The predicted octanol–water partition coefficient (Wildman–Crippen LogP) is 4.95. The van der Waals surface area contributed by atoms with Crippen LogP contribution in [0.3, 0.4) is 0 Å². The average molecular weight is 415 g/mol. The number of aromatic nitrogens is 4. The van der Waals surface area contributed by atoms with Crippen molar-refractivity contribution in [1.29, 1.82) is 0 Å². The molecule has 5 nitrogen and oxygen atoms in total. The normalized spacial score (nSPS) is 16.1. The molecule has 30 heavy (non-hydrogen) atoms. The summed E-state index contributed by atoms with van der Waals surface area (Å²) >= 11 is 1.59. The van der Waals surface area contributed by atoms with Crippen molar-refractivity contribution in [1.82, 2.24) is 19.6 Å². The standard InChI is InChI=1S/C24H22N4OS/c1-15-5-3-7-17(9-15)14-30-24-26-23-25-13-20-21(28(23)27-24)11-19(12-22(20)29)18-8-4-6-16(2)10-18/h3-10,13,19H,11-12,14H2,1-2H3. The molecule has 0 saturated heterocycles. The lowest BCUT2D eigenvalue weighted by Crippen LogP contribution is -2.22. The van der Waals surface area contributed by atoms with Crippen LogP contribution in [-0.2, 0) is 12.2 Å². The number of rotatable bonds is 4. The second-order valence-corrected chi connectivity index (χ2v) is 8.89. The number of carbonyl (C=O) groups excluding carboxylic acids is 1. The highest BCUT2D eigenvalue weighted by Gasteiger charge is 2.29. The van der Waals surface area contributed by atoms with E-state index in [0.717, 1.165) is 17.9 Å². The number of benzene rings is 2. The van der Waals surface area contributed by atoms with Gasteiger partial charge in [-0.3, -0.25) is 4.79 Å². The molecule has 4 aromatic rings. The number of hydrogen-bond donors (Lipinski definition) is 0. The van der Waals surface area contributed by atoms with E-state index in [1.54, 1.807) is 22.5 Å². The molecule has 5 rings (SSSR count). The summed E-state index contributed by atoms with van der Waals surface area (Å²) in [6.07, 6.45) is 2.94. The number of fused-ring (bicyclic) bond motifs is 3. The monoisotopic (exact) mass is 414 g/mol. The molecule has 0 aliphatic heterocycles. The van der Waals surface area contributed by atoms with E-state index in [0.29, 0.717) is 22.9 Å². The van der Waals surface area contributed by atoms with Crippen LogP contribution in [0.25, 0.3) is 5.78 Å². The lowest BCUT2D eigenvalue weighted by molar-refractivity contribution is 0.0962. The molecule has 150 valence electrons. The van der Waals surface area contributed by atoms with E-state index < -0.39 is 0 Å². The van der Waals surface area contributed by atoms with Crippen molar-refractivity contribution < 1.29 is 4.79 Å². The van der Waals surface area contributed by atoms with Gasteiger partial charge in [0.05, 0.1) is 11.3 Å². The zero-order valence-corrected chi connectivity index (χ0v) is 17.8. The first kappa shape index (κ1) is 19.0. The van der Waals surface area contributed by atoms with Gasteiger partial charge in [-0.2, -0.15) is 9.50 Å². The van der Waals surface area contributed by atoms with E-state index in [9.17, 15) is 4.79 Å². The predicted molar refractivity (Wildman–Crippen MR) is 118 cm³/mol.